The maximum Gasteiger partial charge on any atom is 0.104 e. The number of anilines is 1. The Morgan fingerprint density at radius 1 is 1.28 bits per heavy atom. The van der Waals surface area contributed by atoms with E-state index < -0.39 is 5.54 Å². The van der Waals surface area contributed by atoms with E-state index in [4.69, 9.17) is 11.0 Å². The summed E-state index contributed by atoms with van der Waals surface area (Å²) in [6.07, 6.45) is 2.41. The quantitative estimate of drug-likeness (QED) is 0.803. The third kappa shape index (κ3) is 4.05. The lowest BCUT2D eigenvalue weighted by atomic mass is 9.93. The lowest BCUT2D eigenvalue weighted by Gasteiger charge is -2.25. The molecule has 1 atom stereocenters. The summed E-state index contributed by atoms with van der Waals surface area (Å²) in [4.78, 5) is 2.31. The Kier molecular flexibility index (Phi) is 5.67. The minimum atomic E-state index is -0.657. The monoisotopic (exact) mass is 245 g/mol. The Morgan fingerprint density at radius 2 is 1.94 bits per heavy atom. The van der Waals surface area contributed by atoms with Gasteiger partial charge in [-0.15, -0.1) is 0 Å². The number of nitrogens with zero attached hydrogens (tertiary/aromatic N) is 2. The van der Waals surface area contributed by atoms with Crippen LogP contribution in [0, 0.1) is 11.3 Å². The van der Waals surface area contributed by atoms with Crippen LogP contribution in [0.3, 0.4) is 0 Å². The standard InChI is InChI=1S/C15H23N3/c1-3-15(17,13-16)11-8-12-18(4-2)14-9-6-5-7-10-14/h5-7,9-10H,3-4,8,11-12,17H2,1-2H3. The maximum atomic E-state index is 9.04. The molecular formula is C15H23N3. The summed E-state index contributed by atoms with van der Waals surface area (Å²) in [5, 5.41) is 9.04. The zero-order valence-corrected chi connectivity index (χ0v) is 11.4. The summed E-state index contributed by atoms with van der Waals surface area (Å²) >= 11 is 0. The summed E-state index contributed by atoms with van der Waals surface area (Å²) in [6.45, 7) is 6.03. The molecule has 1 aromatic carbocycles. The van der Waals surface area contributed by atoms with Crippen molar-refractivity contribution in [3.63, 3.8) is 0 Å². The highest BCUT2D eigenvalue weighted by Gasteiger charge is 2.21. The van der Waals surface area contributed by atoms with Crippen molar-refractivity contribution >= 4 is 5.69 Å². The summed E-state index contributed by atoms with van der Waals surface area (Å²) in [5.41, 5.74) is 6.56. The van der Waals surface area contributed by atoms with Crippen LogP contribution in [0.4, 0.5) is 5.69 Å². The van der Waals surface area contributed by atoms with Gasteiger partial charge in [0.15, 0.2) is 0 Å². The highest BCUT2D eigenvalue weighted by atomic mass is 15.1. The normalized spacial score (nSPS) is 13.7. The van der Waals surface area contributed by atoms with E-state index in [2.05, 4.69) is 30.0 Å². The van der Waals surface area contributed by atoms with Crippen LogP contribution in [-0.4, -0.2) is 18.6 Å². The van der Waals surface area contributed by atoms with Gasteiger partial charge >= 0.3 is 0 Å². The molecule has 0 saturated carbocycles. The molecule has 3 nitrogen and oxygen atoms in total. The average Bonchev–Trinajstić information content (AvgIpc) is 2.44. The van der Waals surface area contributed by atoms with Gasteiger partial charge in [0, 0.05) is 18.8 Å². The molecule has 0 heterocycles. The first kappa shape index (κ1) is 14.5. The maximum absolute atomic E-state index is 9.04. The first-order valence-electron chi connectivity index (χ1n) is 6.65. The topological polar surface area (TPSA) is 53.0 Å². The van der Waals surface area contributed by atoms with Crippen molar-refractivity contribution < 1.29 is 0 Å². The number of benzene rings is 1. The van der Waals surface area contributed by atoms with Crippen molar-refractivity contribution in [2.75, 3.05) is 18.0 Å². The molecule has 1 unspecified atom stereocenters. The van der Waals surface area contributed by atoms with Crippen molar-refractivity contribution in [3.8, 4) is 6.07 Å². The van der Waals surface area contributed by atoms with Gasteiger partial charge in [0.25, 0.3) is 0 Å². The fourth-order valence-electron chi connectivity index (χ4n) is 2.01. The van der Waals surface area contributed by atoms with E-state index in [1.165, 1.54) is 5.69 Å². The summed E-state index contributed by atoms with van der Waals surface area (Å²) in [5.74, 6) is 0. The van der Waals surface area contributed by atoms with Crippen molar-refractivity contribution in [1.82, 2.24) is 0 Å². The van der Waals surface area contributed by atoms with E-state index in [1.807, 2.05) is 25.1 Å². The lowest BCUT2D eigenvalue weighted by molar-refractivity contribution is 0.465. The van der Waals surface area contributed by atoms with Crippen LogP contribution in [0.25, 0.3) is 0 Å². The zero-order chi connectivity index (χ0) is 13.4. The van der Waals surface area contributed by atoms with Gasteiger partial charge in [-0.25, -0.2) is 0 Å². The van der Waals surface area contributed by atoms with Gasteiger partial charge in [-0.1, -0.05) is 25.1 Å². The van der Waals surface area contributed by atoms with E-state index in [1.54, 1.807) is 0 Å². The zero-order valence-electron chi connectivity index (χ0n) is 11.4. The second-order valence-electron chi connectivity index (χ2n) is 4.64. The van der Waals surface area contributed by atoms with Crippen LogP contribution in [0.1, 0.15) is 33.1 Å². The number of hydrogen-bond donors (Lipinski definition) is 1. The Balaban J connectivity index is 2.49. The lowest BCUT2D eigenvalue weighted by Crippen LogP contribution is -2.38. The van der Waals surface area contributed by atoms with Crippen LogP contribution < -0.4 is 10.6 Å². The van der Waals surface area contributed by atoms with E-state index in [0.717, 1.165) is 25.9 Å². The molecule has 98 valence electrons. The van der Waals surface area contributed by atoms with E-state index in [-0.39, 0.29) is 0 Å². The van der Waals surface area contributed by atoms with Gasteiger partial charge in [-0.3, -0.25) is 0 Å². The fraction of sp³-hybridized carbons (Fsp3) is 0.533. The van der Waals surface area contributed by atoms with Crippen molar-refractivity contribution in [2.45, 2.75) is 38.6 Å². The Bertz CT molecular complexity index is 382. The Labute approximate surface area is 110 Å². The van der Waals surface area contributed by atoms with Crippen LogP contribution in [0.2, 0.25) is 0 Å². The molecule has 0 amide bonds. The molecule has 0 aliphatic carbocycles. The van der Waals surface area contributed by atoms with Gasteiger partial charge < -0.3 is 10.6 Å². The number of para-hydroxylation sites is 1. The average molecular weight is 245 g/mol. The second kappa shape index (κ2) is 7.03. The molecule has 0 aliphatic heterocycles. The molecule has 3 heteroatoms. The number of rotatable bonds is 7. The predicted molar refractivity (Wildman–Crippen MR) is 76.4 cm³/mol. The molecule has 1 aromatic rings. The minimum Gasteiger partial charge on any atom is -0.372 e. The van der Waals surface area contributed by atoms with Gasteiger partial charge in [-0.05, 0) is 38.3 Å². The van der Waals surface area contributed by atoms with Gasteiger partial charge in [0.05, 0.1) is 6.07 Å². The van der Waals surface area contributed by atoms with Crippen LogP contribution in [-0.2, 0) is 0 Å². The fourth-order valence-corrected chi connectivity index (χ4v) is 2.01. The van der Waals surface area contributed by atoms with Crippen molar-refractivity contribution in [1.29, 1.82) is 5.26 Å². The molecule has 2 N–H and O–H groups in total. The van der Waals surface area contributed by atoms with Crippen LogP contribution in [0.5, 0.6) is 0 Å². The first-order valence-corrected chi connectivity index (χ1v) is 6.65. The summed E-state index contributed by atoms with van der Waals surface area (Å²) < 4.78 is 0. The number of hydrogen-bond acceptors (Lipinski definition) is 3. The third-order valence-electron chi connectivity index (χ3n) is 3.41. The molecule has 0 radical (unpaired) electrons. The largest absolute Gasteiger partial charge is 0.372 e. The highest BCUT2D eigenvalue weighted by molar-refractivity contribution is 5.45. The molecule has 0 aliphatic rings. The highest BCUT2D eigenvalue weighted by Crippen LogP contribution is 2.17. The van der Waals surface area contributed by atoms with Crippen LogP contribution in [0.15, 0.2) is 30.3 Å². The van der Waals surface area contributed by atoms with E-state index >= 15 is 0 Å². The minimum absolute atomic E-state index is 0.657. The van der Waals surface area contributed by atoms with E-state index in [0.29, 0.717) is 6.42 Å². The predicted octanol–water partition coefficient (Wildman–Crippen LogP) is 2.92. The van der Waals surface area contributed by atoms with Gasteiger partial charge in [0.2, 0.25) is 0 Å². The second-order valence-corrected chi connectivity index (χ2v) is 4.64. The van der Waals surface area contributed by atoms with Crippen molar-refractivity contribution in [2.24, 2.45) is 5.73 Å². The van der Waals surface area contributed by atoms with Gasteiger partial charge in [0.1, 0.15) is 5.54 Å². The van der Waals surface area contributed by atoms with Crippen molar-refractivity contribution in [3.05, 3.63) is 30.3 Å². The smallest absolute Gasteiger partial charge is 0.104 e. The Hall–Kier alpha value is -1.53. The molecule has 0 fully saturated rings. The summed E-state index contributed by atoms with van der Waals surface area (Å²) in [6, 6.07) is 12.6. The Morgan fingerprint density at radius 3 is 2.44 bits per heavy atom. The molecule has 0 bridgehead atoms. The molecule has 0 spiro atoms. The number of nitriles is 1. The van der Waals surface area contributed by atoms with Gasteiger partial charge in [-0.2, -0.15) is 5.26 Å². The first-order chi connectivity index (χ1) is 8.65. The van der Waals surface area contributed by atoms with E-state index in [9.17, 15) is 0 Å². The summed E-state index contributed by atoms with van der Waals surface area (Å²) in [7, 11) is 0. The third-order valence-corrected chi connectivity index (χ3v) is 3.41. The molecule has 1 rings (SSSR count). The molecule has 0 aromatic heterocycles. The molecular weight excluding hydrogens is 222 g/mol. The molecule has 0 saturated heterocycles. The van der Waals surface area contributed by atoms with Crippen LogP contribution >= 0.6 is 0 Å². The molecule has 18 heavy (non-hydrogen) atoms. The number of nitrogens with two attached hydrogens (primary N) is 1. The SMILES string of the molecule is CCN(CCCC(N)(C#N)CC)c1ccccc1.